The van der Waals surface area contributed by atoms with E-state index < -0.39 is 0 Å². The van der Waals surface area contributed by atoms with Crippen molar-refractivity contribution in [2.24, 2.45) is 0 Å². The molecular formula is C13H13Cl2N3. The first-order valence-corrected chi connectivity index (χ1v) is 6.18. The van der Waals surface area contributed by atoms with E-state index in [9.17, 15) is 0 Å². The number of nitrogens with one attached hydrogen (secondary N) is 1. The highest BCUT2D eigenvalue weighted by Gasteiger charge is 2.07. The number of nitrogens with two attached hydrogens (primary N) is 1. The van der Waals surface area contributed by atoms with Crippen LogP contribution in [-0.2, 0) is 0 Å². The molecule has 1 aromatic carbocycles. The molecule has 5 heteroatoms. The Kier molecular flexibility index (Phi) is 3.64. The van der Waals surface area contributed by atoms with Crippen LogP contribution in [0.5, 0.6) is 0 Å². The fourth-order valence-corrected chi connectivity index (χ4v) is 2.03. The second kappa shape index (κ2) is 5.04. The SMILES string of the molecule is Cc1cc(Cl)c(Nc2ncc(N)cc2C)cc1Cl. The van der Waals surface area contributed by atoms with Gasteiger partial charge in [-0.3, -0.25) is 0 Å². The van der Waals surface area contributed by atoms with Crippen LogP contribution in [0, 0.1) is 13.8 Å². The monoisotopic (exact) mass is 281 g/mol. The molecule has 18 heavy (non-hydrogen) atoms. The molecule has 2 aromatic rings. The number of nitrogens with zero attached hydrogens (tertiary/aromatic N) is 1. The van der Waals surface area contributed by atoms with Gasteiger partial charge in [-0.05, 0) is 43.2 Å². The molecule has 0 aliphatic heterocycles. The second-order valence-electron chi connectivity index (χ2n) is 4.14. The molecule has 0 fully saturated rings. The smallest absolute Gasteiger partial charge is 0.133 e. The van der Waals surface area contributed by atoms with Crippen LogP contribution in [0.1, 0.15) is 11.1 Å². The maximum atomic E-state index is 6.16. The number of anilines is 3. The van der Waals surface area contributed by atoms with E-state index in [-0.39, 0.29) is 0 Å². The van der Waals surface area contributed by atoms with E-state index in [1.807, 2.05) is 26.0 Å². The molecule has 0 spiro atoms. The minimum atomic E-state index is 0.606. The van der Waals surface area contributed by atoms with Crippen molar-refractivity contribution in [3.8, 4) is 0 Å². The molecule has 1 heterocycles. The first-order chi connectivity index (χ1) is 8.47. The number of aryl methyl sites for hydroxylation is 2. The van der Waals surface area contributed by atoms with E-state index in [1.165, 1.54) is 0 Å². The molecule has 0 bridgehead atoms. The predicted molar refractivity (Wildman–Crippen MR) is 77.9 cm³/mol. The lowest BCUT2D eigenvalue weighted by molar-refractivity contribution is 1.26. The van der Waals surface area contributed by atoms with Crippen molar-refractivity contribution in [3.63, 3.8) is 0 Å². The van der Waals surface area contributed by atoms with Gasteiger partial charge in [0, 0.05) is 5.02 Å². The largest absolute Gasteiger partial charge is 0.397 e. The van der Waals surface area contributed by atoms with Crippen LogP contribution >= 0.6 is 23.2 Å². The van der Waals surface area contributed by atoms with Crippen molar-refractivity contribution in [2.75, 3.05) is 11.1 Å². The summed E-state index contributed by atoms with van der Waals surface area (Å²) in [6.45, 7) is 3.83. The van der Waals surface area contributed by atoms with Gasteiger partial charge < -0.3 is 11.1 Å². The van der Waals surface area contributed by atoms with Crippen LogP contribution in [0.4, 0.5) is 17.2 Å². The average Bonchev–Trinajstić information content (AvgIpc) is 2.29. The molecule has 3 nitrogen and oxygen atoms in total. The van der Waals surface area contributed by atoms with Gasteiger partial charge in [0.15, 0.2) is 0 Å². The number of hydrogen-bond acceptors (Lipinski definition) is 3. The molecule has 0 atom stereocenters. The van der Waals surface area contributed by atoms with E-state index in [2.05, 4.69) is 10.3 Å². The third kappa shape index (κ3) is 2.68. The minimum Gasteiger partial charge on any atom is -0.397 e. The molecule has 0 radical (unpaired) electrons. The lowest BCUT2D eigenvalue weighted by Gasteiger charge is -2.12. The number of aromatic nitrogens is 1. The molecule has 2 rings (SSSR count). The molecule has 1 aromatic heterocycles. The Morgan fingerprint density at radius 1 is 1.06 bits per heavy atom. The van der Waals surface area contributed by atoms with Gasteiger partial charge in [0.1, 0.15) is 5.82 Å². The van der Waals surface area contributed by atoms with Gasteiger partial charge in [-0.2, -0.15) is 0 Å². The summed E-state index contributed by atoms with van der Waals surface area (Å²) in [5.74, 6) is 0.714. The summed E-state index contributed by atoms with van der Waals surface area (Å²) in [5.41, 5.74) is 8.90. The molecule has 0 unspecified atom stereocenters. The van der Waals surface area contributed by atoms with Crippen molar-refractivity contribution in [1.82, 2.24) is 4.98 Å². The number of nitrogen functional groups attached to an aromatic ring is 1. The minimum absolute atomic E-state index is 0.606. The molecule has 0 aliphatic carbocycles. The molecule has 0 amide bonds. The Bertz CT molecular complexity index is 597. The highest BCUT2D eigenvalue weighted by molar-refractivity contribution is 6.35. The second-order valence-corrected chi connectivity index (χ2v) is 4.95. The summed E-state index contributed by atoms with van der Waals surface area (Å²) < 4.78 is 0. The van der Waals surface area contributed by atoms with Crippen molar-refractivity contribution < 1.29 is 0 Å². The maximum Gasteiger partial charge on any atom is 0.133 e. The van der Waals surface area contributed by atoms with Crippen molar-refractivity contribution in [2.45, 2.75) is 13.8 Å². The highest BCUT2D eigenvalue weighted by Crippen LogP contribution is 2.31. The Labute approximate surface area is 116 Å². The number of rotatable bonds is 2. The van der Waals surface area contributed by atoms with Gasteiger partial charge in [0.05, 0.1) is 22.6 Å². The predicted octanol–water partition coefficient (Wildman–Crippen LogP) is 4.33. The Morgan fingerprint density at radius 2 is 1.78 bits per heavy atom. The fourth-order valence-electron chi connectivity index (χ4n) is 1.60. The van der Waals surface area contributed by atoms with Gasteiger partial charge in [0.25, 0.3) is 0 Å². The van der Waals surface area contributed by atoms with Crippen molar-refractivity contribution in [3.05, 3.63) is 45.6 Å². The van der Waals surface area contributed by atoms with Gasteiger partial charge >= 0.3 is 0 Å². The lowest BCUT2D eigenvalue weighted by atomic mass is 10.2. The zero-order valence-corrected chi connectivity index (χ0v) is 11.6. The molecule has 3 N–H and O–H groups in total. The average molecular weight is 282 g/mol. The van der Waals surface area contributed by atoms with Crippen LogP contribution in [0.2, 0.25) is 10.0 Å². The first-order valence-electron chi connectivity index (χ1n) is 5.42. The fraction of sp³-hybridized carbons (Fsp3) is 0.154. The molecule has 0 saturated carbocycles. The Balaban J connectivity index is 2.37. The molecule has 0 aliphatic rings. The summed E-state index contributed by atoms with van der Waals surface area (Å²) in [6.07, 6.45) is 1.60. The van der Waals surface area contributed by atoms with Crippen LogP contribution in [0.3, 0.4) is 0 Å². The van der Waals surface area contributed by atoms with Crippen molar-refractivity contribution >= 4 is 40.4 Å². The van der Waals surface area contributed by atoms with E-state index >= 15 is 0 Å². The zero-order chi connectivity index (χ0) is 13.3. The Morgan fingerprint density at radius 3 is 2.44 bits per heavy atom. The molecule has 0 saturated heterocycles. The van der Waals surface area contributed by atoms with Gasteiger partial charge in [-0.15, -0.1) is 0 Å². The van der Waals surface area contributed by atoms with E-state index in [0.717, 1.165) is 16.8 Å². The number of hydrogen-bond donors (Lipinski definition) is 2. The maximum absolute atomic E-state index is 6.16. The quantitative estimate of drug-likeness (QED) is 0.861. The van der Waals surface area contributed by atoms with E-state index in [4.69, 9.17) is 28.9 Å². The zero-order valence-electron chi connectivity index (χ0n) is 10.1. The van der Waals surface area contributed by atoms with Gasteiger partial charge in [-0.25, -0.2) is 4.98 Å². The third-order valence-electron chi connectivity index (χ3n) is 2.60. The van der Waals surface area contributed by atoms with Crippen LogP contribution in [0.15, 0.2) is 24.4 Å². The van der Waals surface area contributed by atoms with Crippen LogP contribution in [-0.4, -0.2) is 4.98 Å². The Hall–Kier alpha value is -1.45. The van der Waals surface area contributed by atoms with Crippen LogP contribution < -0.4 is 11.1 Å². The van der Waals surface area contributed by atoms with E-state index in [1.54, 1.807) is 12.3 Å². The van der Waals surface area contributed by atoms with Crippen molar-refractivity contribution in [1.29, 1.82) is 0 Å². The van der Waals surface area contributed by atoms with Gasteiger partial charge in [-0.1, -0.05) is 23.2 Å². The summed E-state index contributed by atoms with van der Waals surface area (Å²) in [6, 6.07) is 5.45. The molecule has 94 valence electrons. The number of benzene rings is 1. The normalized spacial score (nSPS) is 10.4. The molecular weight excluding hydrogens is 269 g/mol. The number of pyridine rings is 1. The third-order valence-corrected chi connectivity index (χ3v) is 3.32. The number of halogens is 2. The van der Waals surface area contributed by atoms with Crippen LogP contribution in [0.25, 0.3) is 0 Å². The summed E-state index contributed by atoms with van der Waals surface area (Å²) in [5, 5.41) is 4.42. The summed E-state index contributed by atoms with van der Waals surface area (Å²) >= 11 is 12.2. The summed E-state index contributed by atoms with van der Waals surface area (Å²) in [7, 11) is 0. The first kappa shape index (κ1) is 13.0. The van der Waals surface area contributed by atoms with E-state index in [0.29, 0.717) is 21.6 Å². The summed E-state index contributed by atoms with van der Waals surface area (Å²) in [4.78, 5) is 4.23. The standard InChI is InChI=1S/C13H13Cl2N3/c1-7-4-11(15)12(5-10(7)14)18-13-8(2)3-9(16)6-17-13/h3-6H,16H2,1-2H3,(H,17,18). The topological polar surface area (TPSA) is 50.9 Å². The highest BCUT2D eigenvalue weighted by atomic mass is 35.5. The van der Waals surface area contributed by atoms with Gasteiger partial charge in [0.2, 0.25) is 0 Å². The lowest BCUT2D eigenvalue weighted by Crippen LogP contribution is -1.99.